The van der Waals surface area contributed by atoms with Crippen molar-refractivity contribution < 1.29 is 53.7 Å². The van der Waals surface area contributed by atoms with Gasteiger partial charge in [-0.05, 0) is 122 Å². The summed E-state index contributed by atoms with van der Waals surface area (Å²) in [5.41, 5.74) is 20.0. The molecule has 3 aromatic rings. The zero-order valence-electron chi connectivity index (χ0n) is 40.1. The molecular weight excluding hydrogens is 1050 g/mol. The number of benzene rings is 3. The summed E-state index contributed by atoms with van der Waals surface area (Å²) in [6.07, 6.45) is 6.72. The number of nitrogens with two attached hydrogens (primary N) is 3. The van der Waals surface area contributed by atoms with Gasteiger partial charge in [0.2, 0.25) is 11.8 Å². The van der Waals surface area contributed by atoms with Crippen molar-refractivity contribution in [2.24, 2.45) is 17.2 Å². The molecule has 3 rings (SSSR count). The molecule has 5 amide bonds. The summed E-state index contributed by atoms with van der Waals surface area (Å²) in [5.74, 6) is -2.20. The van der Waals surface area contributed by atoms with Crippen LogP contribution in [0.3, 0.4) is 0 Å². The Morgan fingerprint density at radius 3 is 1.33 bits per heavy atom. The van der Waals surface area contributed by atoms with E-state index in [-0.39, 0.29) is 35.9 Å². The number of amides is 5. The summed E-state index contributed by atoms with van der Waals surface area (Å²) in [4.78, 5) is 93.3. The molecular formula is C46H67N9O11S6. The van der Waals surface area contributed by atoms with Gasteiger partial charge in [0, 0.05) is 64.5 Å². The SMILES string of the molecule is CSCC[C@H](NC(=O)c1ccc(NC(=O)[C@@H](N)CS)cc1)C(=O)O.CSCC[C@H](NC(=O)c1ccc(NC[C@@H](N)CS)cc1)C(=O)O.CSCC[C@H](NC(=O)c1cccc(CNC(=O)[C@@H](N)CS)c1)C(=O)O. The highest BCUT2D eigenvalue weighted by Crippen LogP contribution is 2.13. The highest BCUT2D eigenvalue weighted by molar-refractivity contribution is 7.99. The van der Waals surface area contributed by atoms with Crippen LogP contribution in [0, 0.1) is 0 Å². The lowest BCUT2D eigenvalue weighted by Crippen LogP contribution is -2.41. The summed E-state index contributed by atoms with van der Waals surface area (Å²) in [6.45, 7) is 0.807. The average molecular weight is 1110 g/mol. The van der Waals surface area contributed by atoms with E-state index in [2.05, 4.69) is 69.8 Å². The van der Waals surface area contributed by atoms with Crippen LogP contribution in [-0.2, 0) is 30.5 Å². The fourth-order valence-corrected chi connectivity index (χ4v) is 7.38. The number of thiol groups is 3. The summed E-state index contributed by atoms with van der Waals surface area (Å²) >= 11 is 16.6. The molecule has 20 nitrogen and oxygen atoms in total. The van der Waals surface area contributed by atoms with Crippen LogP contribution in [0.25, 0.3) is 0 Å². The predicted octanol–water partition coefficient (Wildman–Crippen LogP) is 2.61. The molecule has 0 fully saturated rings. The van der Waals surface area contributed by atoms with E-state index in [0.717, 1.165) is 5.69 Å². The van der Waals surface area contributed by atoms with Crippen molar-refractivity contribution in [1.82, 2.24) is 21.3 Å². The van der Waals surface area contributed by atoms with Gasteiger partial charge in [-0.3, -0.25) is 24.0 Å². The molecule has 398 valence electrons. The van der Waals surface area contributed by atoms with Crippen molar-refractivity contribution in [2.45, 2.75) is 62.1 Å². The van der Waals surface area contributed by atoms with E-state index in [1.165, 1.54) is 35.7 Å². The second kappa shape index (κ2) is 37.0. The Kier molecular flexibility index (Phi) is 33.5. The fourth-order valence-electron chi connectivity index (χ4n) is 5.51. The lowest BCUT2D eigenvalue weighted by molar-refractivity contribution is -0.140. The number of anilines is 2. The van der Waals surface area contributed by atoms with Crippen LogP contribution in [0.5, 0.6) is 0 Å². The van der Waals surface area contributed by atoms with Gasteiger partial charge in [0.1, 0.15) is 18.1 Å². The standard InChI is InChI=1S/C16H23N3O4S2.C15H21N3O4S2.C15H23N3O3S2/c1-25-6-5-13(16(22)23)19-14(20)11-4-2-3-10(7-11)8-18-15(21)12(17)9-24;1-24-7-6-12(15(21)22)18-13(19)9-2-4-10(5-3-9)17-14(20)11(16)8-23;1-23-7-6-13(15(20)21)18-14(19)10-2-4-12(5-3-10)17-8-11(16)9-22/h2-4,7,12-13,24H,5-6,8-9,17H2,1H3,(H,18,21)(H,19,20)(H,22,23);2-5,11-12,23H,6-8,16H2,1H3,(H,17,20)(H,18,19)(H,21,22);2-5,11,13,17,22H,6-9,16H2,1H3,(H,18,19)(H,20,21)/t12-,13-;11-,12-;11-,13+/m001/s1. The molecule has 0 saturated carbocycles. The number of carbonyl (C=O) groups is 8. The van der Waals surface area contributed by atoms with E-state index >= 15 is 0 Å². The molecule has 0 aliphatic heterocycles. The number of carboxylic acid groups (broad SMARTS) is 3. The third kappa shape index (κ3) is 26.2. The van der Waals surface area contributed by atoms with Gasteiger partial charge in [-0.15, -0.1) is 0 Å². The summed E-state index contributed by atoms with van der Waals surface area (Å²) in [7, 11) is 0. The second-order valence-corrected chi connectivity index (χ2v) is 19.5. The Bertz CT molecular complexity index is 2180. The number of carbonyl (C=O) groups excluding carboxylic acids is 5. The molecule has 0 heterocycles. The number of rotatable bonds is 29. The van der Waals surface area contributed by atoms with Crippen molar-refractivity contribution in [2.75, 3.05) is 70.5 Å². The molecule has 0 saturated heterocycles. The third-order valence-electron chi connectivity index (χ3n) is 9.73. The number of hydrogen-bond donors (Lipinski definition) is 15. The molecule has 3 aromatic carbocycles. The first-order chi connectivity index (χ1) is 34.2. The van der Waals surface area contributed by atoms with E-state index in [4.69, 9.17) is 27.4 Å². The Balaban J connectivity index is 0.000000540. The maximum atomic E-state index is 12.3. The van der Waals surface area contributed by atoms with Gasteiger partial charge in [-0.1, -0.05) is 12.1 Å². The van der Waals surface area contributed by atoms with Crippen LogP contribution in [-0.4, -0.2) is 159 Å². The number of carboxylic acids is 3. The zero-order valence-corrected chi connectivity index (χ0v) is 45.2. The van der Waals surface area contributed by atoms with Crippen molar-refractivity contribution >= 4 is 132 Å². The third-order valence-corrected chi connectivity index (χ3v) is 12.9. The van der Waals surface area contributed by atoms with Gasteiger partial charge in [0.05, 0.1) is 12.1 Å². The average Bonchev–Trinajstić information content (AvgIpc) is 3.38. The first-order valence-corrected chi connectivity index (χ1v) is 28.1. The fraction of sp³-hybridized carbons (Fsp3) is 0.435. The molecule has 0 unspecified atom stereocenters. The first-order valence-electron chi connectivity index (χ1n) is 22.0. The molecule has 0 aromatic heterocycles. The smallest absolute Gasteiger partial charge is 0.326 e. The molecule has 0 aliphatic rings. The van der Waals surface area contributed by atoms with Crippen LogP contribution < -0.4 is 49.1 Å². The van der Waals surface area contributed by atoms with Gasteiger partial charge >= 0.3 is 17.9 Å². The summed E-state index contributed by atoms with van der Waals surface area (Å²) in [6, 6.07) is 15.4. The normalized spacial score (nSPS) is 13.0. The highest BCUT2D eigenvalue weighted by atomic mass is 32.2. The van der Waals surface area contributed by atoms with E-state index < -0.39 is 65.8 Å². The Morgan fingerprint density at radius 2 is 0.944 bits per heavy atom. The predicted molar refractivity (Wildman–Crippen MR) is 299 cm³/mol. The monoisotopic (exact) mass is 1110 g/mol. The topological polar surface area (TPSA) is 347 Å². The largest absolute Gasteiger partial charge is 0.480 e. The Morgan fingerprint density at radius 1 is 0.542 bits per heavy atom. The maximum absolute atomic E-state index is 12.3. The Hall–Kier alpha value is -4.80. The molecule has 0 radical (unpaired) electrons. The molecule has 0 spiro atoms. The highest BCUT2D eigenvalue weighted by Gasteiger charge is 2.23. The second-order valence-electron chi connectivity index (χ2n) is 15.4. The van der Waals surface area contributed by atoms with Gasteiger partial charge in [0.25, 0.3) is 17.7 Å². The lowest BCUT2D eigenvalue weighted by atomic mass is 10.1. The van der Waals surface area contributed by atoms with Crippen LogP contribution in [0.2, 0.25) is 0 Å². The zero-order chi connectivity index (χ0) is 54.2. The van der Waals surface area contributed by atoms with E-state index in [1.807, 2.05) is 18.8 Å². The van der Waals surface area contributed by atoms with Crippen molar-refractivity contribution in [1.29, 1.82) is 0 Å². The molecule has 26 heteroatoms. The van der Waals surface area contributed by atoms with Crippen LogP contribution in [0.15, 0.2) is 72.8 Å². The van der Waals surface area contributed by atoms with Crippen molar-refractivity contribution in [3.63, 3.8) is 0 Å². The van der Waals surface area contributed by atoms with Gasteiger partial charge in [-0.2, -0.15) is 73.2 Å². The van der Waals surface area contributed by atoms with Crippen LogP contribution in [0.4, 0.5) is 11.4 Å². The van der Waals surface area contributed by atoms with E-state index in [1.54, 1.807) is 72.4 Å². The van der Waals surface area contributed by atoms with Crippen LogP contribution >= 0.6 is 73.2 Å². The number of thioether (sulfide) groups is 3. The molecule has 0 bridgehead atoms. The van der Waals surface area contributed by atoms with E-state index in [9.17, 15) is 43.5 Å². The first kappa shape index (κ1) is 65.2. The molecule has 6 atom stereocenters. The van der Waals surface area contributed by atoms with E-state index in [0.29, 0.717) is 76.8 Å². The number of hydrogen-bond acceptors (Lipinski definition) is 18. The summed E-state index contributed by atoms with van der Waals surface area (Å²) in [5, 5.41) is 43.4. The maximum Gasteiger partial charge on any atom is 0.326 e. The number of aliphatic carboxylic acids is 3. The quantitative estimate of drug-likeness (QED) is 0.0444. The van der Waals surface area contributed by atoms with Gasteiger partial charge in [0.15, 0.2) is 0 Å². The van der Waals surface area contributed by atoms with Crippen molar-refractivity contribution in [3.8, 4) is 0 Å². The molecule has 0 aliphatic carbocycles. The summed E-state index contributed by atoms with van der Waals surface area (Å²) < 4.78 is 0. The van der Waals surface area contributed by atoms with Gasteiger partial charge < -0.3 is 64.4 Å². The minimum Gasteiger partial charge on any atom is -0.480 e. The minimum absolute atomic E-state index is 0.0472. The number of nitrogens with one attached hydrogen (secondary N) is 6. The minimum atomic E-state index is -1.07. The molecule has 72 heavy (non-hydrogen) atoms. The van der Waals surface area contributed by atoms with Crippen molar-refractivity contribution in [3.05, 3.63) is 95.1 Å². The van der Waals surface area contributed by atoms with Gasteiger partial charge in [-0.25, -0.2) is 14.4 Å². The Labute approximate surface area is 449 Å². The van der Waals surface area contributed by atoms with Crippen LogP contribution in [0.1, 0.15) is 55.9 Å². The molecule has 15 N–H and O–H groups in total. The lowest BCUT2D eigenvalue weighted by Gasteiger charge is -2.14.